The summed E-state index contributed by atoms with van der Waals surface area (Å²) in [5, 5.41) is 2.76. The number of fused-ring (bicyclic) bond motifs is 1. The molecular formula is C19H19F3N4O. The smallest absolute Gasteiger partial charge is 0.351 e. The minimum absolute atomic E-state index is 0.112. The summed E-state index contributed by atoms with van der Waals surface area (Å²) in [5.41, 5.74) is 0.734. The number of nitrogens with zero attached hydrogens (tertiary/aromatic N) is 3. The van der Waals surface area contributed by atoms with Crippen LogP contribution < -0.4 is 15.1 Å². The summed E-state index contributed by atoms with van der Waals surface area (Å²) in [4.78, 5) is 19.8. The minimum Gasteiger partial charge on any atom is -0.351 e. The van der Waals surface area contributed by atoms with E-state index in [-0.39, 0.29) is 11.9 Å². The predicted octanol–water partition coefficient (Wildman–Crippen LogP) is 3.36. The number of benzene rings is 1. The summed E-state index contributed by atoms with van der Waals surface area (Å²) in [5.74, 6) is 0.415. The van der Waals surface area contributed by atoms with Crippen molar-refractivity contribution in [1.82, 2.24) is 10.3 Å². The van der Waals surface area contributed by atoms with Crippen LogP contribution in [0.3, 0.4) is 0 Å². The van der Waals surface area contributed by atoms with E-state index < -0.39 is 11.7 Å². The number of hydrogen-bond donors (Lipinski definition) is 1. The Morgan fingerprint density at radius 2 is 2.04 bits per heavy atom. The van der Waals surface area contributed by atoms with E-state index in [0.29, 0.717) is 24.6 Å². The first kappa shape index (κ1) is 18.8. The molecule has 142 valence electrons. The topological polar surface area (TPSA) is 48.5 Å². The first-order valence-electron chi connectivity index (χ1n) is 8.34. The van der Waals surface area contributed by atoms with Gasteiger partial charge in [-0.2, -0.15) is 13.2 Å². The van der Waals surface area contributed by atoms with Crippen molar-refractivity contribution < 1.29 is 18.0 Å². The Labute approximate surface area is 155 Å². The number of carbonyl (C=O) groups excluding carboxylic acids is 1. The lowest BCUT2D eigenvalue weighted by Crippen LogP contribution is -2.51. The molecule has 0 radical (unpaired) electrons. The Hall–Kier alpha value is -3.03. The minimum atomic E-state index is -4.38. The van der Waals surface area contributed by atoms with E-state index in [1.807, 2.05) is 22.9 Å². The highest BCUT2D eigenvalue weighted by molar-refractivity contribution is 5.87. The van der Waals surface area contributed by atoms with Crippen molar-refractivity contribution in [1.29, 1.82) is 0 Å². The Morgan fingerprint density at radius 1 is 1.33 bits per heavy atom. The average Bonchev–Trinajstić information content (AvgIpc) is 2.67. The van der Waals surface area contributed by atoms with E-state index >= 15 is 0 Å². The molecule has 3 rings (SSSR count). The number of likely N-dealkylation sites (N-methyl/N-ethyl adjacent to an activating group) is 1. The van der Waals surface area contributed by atoms with Gasteiger partial charge in [-0.1, -0.05) is 6.58 Å². The molecule has 0 bridgehead atoms. The number of hydrogen-bond acceptors (Lipinski definition) is 4. The second kappa shape index (κ2) is 7.30. The number of rotatable bonds is 4. The van der Waals surface area contributed by atoms with Gasteiger partial charge >= 0.3 is 6.18 Å². The molecule has 1 aromatic carbocycles. The number of nitrogens with one attached hydrogen (secondary N) is 1. The summed E-state index contributed by atoms with van der Waals surface area (Å²) < 4.78 is 38.5. The lowest BCUT2D eigenvalue weighted by molar-refractivity contribution is -0.137. The van der Waals surface area contributed by atoms with Crippen LogP contribution in [-0.4, -0.2) is 37.1 Å². The third-order valence-electron chi connectivity index (χ3n) is 4.54. The highest BCUT2D eigenvalue weighted by Gasteiger charge is 2.32. The van der Waals surface area contributed by atoms with Crippen LogP contribution in [0.4, 0.5) is 30.4 Å². The van der Waals surface area contributed by atoms with Crippen molar-refractivity contribution in [3.8, 4) is 0 Å². The number of carbonyl (C=O) groups is 1. The molecule has 0 saturated carbocycles. The summed E-state index contributed by atoms with van der Waals surface area (Å²) in [6.07, 6.45) is -1.52. The van der Waals surface area contributed by atoms with Gasteiger partial charge in [0.25, 0.3) is 0 Å². The molecule has 0 aliphatic carbocycles. The van der Waals surface area contributed by atoms with E-state index in [4.69, 9.17) is 0 Å². The molecule has 1 N–H and O–H groups in total. The zero-order valence-electron chi connectivity index (χ0n) is 14.7. The molecule has 2 heterocycles. The molecule has 1 aliphatic rings. The molecule has 0 spiro atoms. The highest BCUT2D eigenvalue weighted by Crippen LogP contribution is 2.38. The molecule has 2 aromatic rings. The van der Waals surface area contributed by atoms with Gasteiger partial charge in [0, 0.05) is 32.0 Å². The molecule has 0 unspecified atom stereocenters. The predicted molar refractivity (Wildman–Crippen MR) is 98.1 cm³/mol. The quantitative estimate of drug-likeness (QED) is 0.832. The van der Waals surface area contributed by atoms with E-state index in [2.05, 4.69) is 16.9 Å². The molecule has 0 saturated heterocycles. The largest absolute Gasteiger partial charge is 0.416 e. The SMILES string of the molecule is C=CC(=O)NC[C@@H]1CN(c2ccc(C(F)(F)F)cc2)c2cccnc2N1C. The zero-order chi connectivity index (χ0) is 19.6. The van der Waals surface area contributed by atoms with Gasteiger partial charge in [0.2, 0.25) is 5.91 Å². The fourth-order valence-electron chi connectivity index (χ4n) is 3.04. The molecule has 27 heavy (non-hydrogen) atoms. The van der Waals surface area contributed by atoms with Crippen LogP contribution in [0.25, 0.3) is 0 Å². The Kier molecular flexibility index (Phi) is 5.07. The van der Waals surface area contributed by atoms with Crippen molar-refractivity contribution >= 4 is 23.1 Å². The van der Waals surface area contributed by atoms with E-state index in [1.165, 1.54) is 18.2 Å². The third-order valence-corrected chi connectivity index (χ3v) is 4.54. The van der Waals surface area contributed by atoms with Crippen molar-refractivity contribution in [2.45, 2.75) is 12.2 Å². The van der Waals surface area contributed by atoms with Gasteiger partial charge in [-0.05, 0) is 42.5 Å². The van der Waals surface area contributed by atoms with Crippen LogP contribution in [0.1, 0.15) is 5.56 Å². The number of amides is 1. The molecule has 8 heteroatoms. The fourth-order valence-corrected chi connectivity index (χ4v) is 3.04. The number of alkyl halides is 3. The normalized spacial score (nSPS) is 16.7. The highest BCUT2D eigenvalue weighted by atomic mass is 19.4. The van der Waals surface area contributed by atoms with Gasteiger partial charge in [0.1, 0.15) is 0 Å². The van der Waals surface area contributed by atoms with Crippen LogP contribution in [0.2, 0.25) is 0 Å². The fraction of sp³-hybridized carbons (Fsp3) is 0.263. The average molecular weight is 376 g/mol. The molecule has 1 atom stereocenters. The van der Waals surface area contributed by atoms with Gasteiger partial charge < -0.3 is 15.1 Å². The molecule has 0 fully saturated rings. The number of pyridine rings is 1. The standard InChI is InChI=1S/C19H19F3N4O/c1-3-17(27)24-11-15-12-26(16-5-4-10-23-18(16)25(15)2)14-8-6-13(7-9-14)19(20,21)22/h3-10,15H,1,11-12H2,2H3,(H,24,27)/t15-/m1/s1. The van der Waals surface area contributed by atoms with E-state index in [0.717, 1.165) is 17.8 Å². The van der Waals surface area contributed by atoms with E-state index in [1.54, 1.807) is 12.3 Å². The Balaban J connectivity index is 1.92. The molecule has 1 amide bonds. The van der Waals surface area contributed by atoms with Gasteiger partial charge in [-0.3, -0.25) is 4.79 Å². The Bertz CT molecular complexity index is 836. The van der Waals surface area contributed by atoms with Crippen molar-refractivity contribution in [2.75, 3.05) is 29.9 Å². The lowest BCUT2D eigenvalue weighted by atomic mass is 10.1. The first-order valence-corrected chi connectivity index (χ1v) is 8.34. The third kappa shape index (κ3) is 3.89. The second-order valence-electron chi connectivity index (χ2n) is 6.22. The number of aromatic nitrogens is 1. The summed E-state index contributed by atoms with van der Waals surface area (Å²) >= 11 is 0. The van der Waals surface area contributed by atoms with Crippen molar-refractivity contribution in [3.05, 3.63) is 60.8 Å². The van der Waals surface area contributed by atoms with Gasteiger partial charge in [0.15, 0.2) is 5.82 Å². The van der Waals surface area contributed by atoms with Gasteiger partial charge in [0.05, 0.1) is 17.3 Å². The van der Waals surface area contributed by atoms with Crippen molar-refractivity contribution in [3.63, 3.8) is 0 Å². The molecule has 1 aromatic heterocycles. The van der Waals surface area contributed by atoms with Gasteiger partial charge in [-0.15, -0.1) is 0 Å². The Morgan fingerprint density at radius 3 is 2.67 bits per heavy atom. The van der Waals surface area contributed by atoms with Crippen LogP contribution in [0, 0.1) is 0 Å². The zero-order valence-corrected chi connectivity index (χ0v) is 14.7. The van der Waals surface area contributed by atoms with E-state index in [9.17, 15) is 18.0 Å². The summed E-state index contributed by atoms with van der Waals surface area (Å²) in [7, 11) is 1.88. The maximum Gasteiger partial charge on any atom is 0.416 e. The number of anilines is 3. The summed E-state index contributed by atoms with van der Waals surface area (Å²) in [6.45, 7) is 4.27. The second-order valence-corrected chi connectivity index (χ2v) is 6.22. The van der Waals surface area contributed by atoms with Crippen LogP contribution in [0.15, 0.2) is 55.3 Å². The molecular weight excluding hydrogens is 357 g/mol. The van der Waals surface area contributed by atoms with Crippen molar-refractivity contribution in [2.24, 2.45) is 0 Å². The maximum absolute atomic E-state index is 12.8. The van der Waals surface area contributed by atoms with Gasteiger partial charge in [-0.25, -0.2) is 4.98 Å². The lowest BCUT2D eigenvalue weighted by Gasteiger charge is -2.42. The summed E-state index contributed by atoms with van der Waals surface area (Å²) in [6, 6.07) is 8.57. The monoisotopic (exact) mass is 376 g/mol. The molecule has 5 nitrogen and oxygen atoms in total. The van der Waals surface area contributed by atoms with Crippen LogP contribution >= 0.6 is 0 Å². The first-order chi connectivity index (χ1) is 12.8. The maximum atomic E-state index is 12.8. The van der Waals surface area contributed by atoms with Crippen LogP contribution in [0.5, 0.6) is 0 Å². The molecule has 1 aliphatic heterocycles. The number of halogens is 3. The van der Waals surface area contributed by atoms with Crippen LogP contribution in [-0.2, 0) is 11.0 Å².